The Morgan fingerprint density at radius 2 is 1.69 bits per heavy atom. The Labute approximate surface area is 147 Å². The van der Waals surface area contributed by atoms with Crippen LogP contribution in [0.5, 0.6) is 17.2 Å². The maximum absolute atomic E-state index is 12.9. The van der Waals surface area contributed by atoms with Gasteiger partial charge in [0.15, 0.2) is 5.76 Å². The van der Waals surface area contributed by atoms with Gasteiger partial charge in [-0.3, -0.25) is 14.9 Å². The molecule has 3 rings (SSSR count). The van der Waals surface area contributed by atoms with Gasteiger partial charge in [0.2, 0.25) is 11.2 Å². The Bertz CT molecular complexity index is 1040. The van der Waals surface area contributed by atoms with Crippen molar-refractivity contribution in [1.82, 2.24) is 0 Å². The van der Waals surface area contributed by atoms with E-state index in [1.165, 1.54) is 45.6 Å². The van der Waals surface area contributed by atoms with Gasteiger partial charge in [-0.2, -0.15) is 0 Å². The highest BCUT2D eigenvalue weighted by molar-refractivity contribution is 5.88. The van der Waals surface area contributed by atoms with Gasteiger partial charge in [0.1, 0.15) is 22.5 Å². The molecule has 8 heteroatoms. The maximum atomic E-state index is 12.9. The highest BCUT2D eigenvalue weighted by Gasteiger charge is 2.21. The number of ether oxygens (including phenoxy) is 3. The standard InChI is InChI=1S/C18H15NO7/c1-23-12-8-13(24-2)15-14(9-12)26-17(18(25-3)16(15)20)10-4-6-11(7-5-10)19(21)22/h4-9H,1-3H3. The van der Waals surface area contributed by atoms with Crippen molar-refractivity contribution in [3.05, 3.63) is 56.7 Å². The normalized spacial score (nSPS) is 10.6. The molecule has 0 saturated carbocycles. The van der Waals surface area contributed by atoms with Crippen molar-refractivity contribution in [2.45, 2.75) is 0 Å². The zero-order chi connectivity index (χ0) is 18.8. The van der Waals surface area contributed by atoms with Crippen LogP contribution in [0.1, 0.15) is 0 Å². The number of nitro groups is 1. The van der Waals surface area contributed by atoms with Gasteiger partial charge in [0.25, 0.3) is 5.69 Å². The van der Waals surface area contributed by atoms with E-state index in [0.717, 1.165) is 0 Å². The molecule has 2 aromatic carbocycles. The monoisotopic (exact) mass is 357 g/mol. The number of fused-ring (bicyclic) bond motifs is 1. The lowest BCUT2D eigenvalue weighted by atomic mass is 10.1. The molecule has 0 amide bonds. The molecule has 0 aliphatic rings. The largest absolute Gasteiger partial charge is 0.496 e. The number of nitrogens with zero attached hydrogens (tertiary/aromatic N) is 1. The van der Waals surface area contributed by atoms with E-state index in [1.807, 2.05) is 0 Å². The first kappa shape index (κ1) is 17.3. The fraction of sp³-hybridized carbons (Fsp3) is 0.167. The molecule has 0 aliphatic heterocycles. The molecule has 0 spiro atoms. The zero-order valence-electron chi connectivity index (χ0n) is 14.3. The molecule has 3 aromatic rings. The van der Waals surface area contributed by atoms with E-state index < -0.39 is 10.4 Å². The summed E-state index contributed by atoms with van der Waals surface area (Å²) in [5, 5.41) is 11.0. The van der Waals surface area contributed by atoms with Crippen LogP contribution in [0, 0.1) is 10.1 Å². The van der Waals surface area contributed by atoms with E-state index in [2.05, 4.69) is 0 Å². The summed E-state index contributed by atoms with van der Waals surface area (Å²) in [7, 11) is 4.27. The second-order valence-corrected chi connectivity index (χ2v) is 5.30. The average molecular weight is 357 g/mol. The molecule has 0 atom stereocenters. The predicted molar refractivity (Wildman–Crippen MR) is 94.2 cm³/mol. The van der Waals surface area contributed by atoms with Gasteiger partial charge >= 0.3 is 0 Å². The topological polar surface area (TPSA) is 101 Å². The Balaban J connectivity index is 2.31. The average Bonchev–Trinajstić information content (AvgIpc) is 2.66. The lowest BCUT2D eigenvalue weighted by molar-refractivity contribution is -0.384. The lowest BCUT2D eigenvalue weighted by Gasteiger charge is -2.12. The van der Waals surface area contributed by atoms with Crippen LogP contribution < -0.4 is 19.6 Å². The van der Waals surface area contributed by atoms with Crippen LogP contribution in [0.2, 0.25) is 0 Å². The lowest BCUT2D eigenvalue weighted by Crippen LogP contribution is -2.09. The van der Waals surface area contributed by atoms with Gasteiger partial charge in [-0.05, 0) is 12.1 Å². The summed E-state index contributed by atoms with van der Waals surface area (Å²) in [6.07, 6.45) is 0. The zero-order valence-corrected chi connectivity index (χ0v) is 14.3. The number of hydrogen-bond acceptors (Lipinski definition) is 7. The molecule has 0 unspecified atom stereocenters. The molecule has 26 heavy (non-hydrogen) atoms. The minimum absolute atomic E-state index is 0.0187. The molecule has 1 heterocycles. The summed E-state index contributed by atoms with van der Waals surface area (Å²) in [4.78, 5) is 23.2. The van der Waals surface area contributed by atoms with Crippen molar-refractivity contribution in [1.29, 1.82) is 0 Å². The van der Waals surface area contributed by atoms with Crippen molar-refractivity contribution < 1.29 is 23.6 Å². The highest BCUT2D eigenvalue weighted by Crippen LogP contribution is 2.36. The van der Waals surface area contributed by atoms with Crippen LogP contribution >= 0.6 is 0 Å². The Kier molecular flexibility index (Phi) is 4.49. The van der Waals surface area contributed by atoms with Crippen LogP contribution in [-0.4, -0.2) is 26.3 Å². The van der Waals surface area contributed by atoms with Gasteiger partial charge in [-0.1, -0.05) is 0 Å². The van der Waals surface area contributed by atoms with E-state index in [1.54, 1.807) is 12.1 Å². The van der Waals surface area contributed by atoms with Crippen molar-refractivity contribution in [3.63, 3.8) is 0 Å². The van der Waals surface area contributed by atoms with Gasteiger partial charge in [0.05, 0.1) is 26.3 Å². The minimum Gasteiger partial charge on any atom is -0.496 e. The van der Waals surface area contributed by atoms with Crippen molar-refractivity contribution in [2.75, 3.05) is 21.3 Å². The smallest absolute Gasteiger partial charge is 0.269 e. The summed E-state index contributed by atoms with van der Waals surface area (Å²) >= 11 is 0. The molecule has 0 aliphatic carbocycles. The number of nitro benzene ring substituents is 1. The molecule has 0 radical (unpaired) electrons. The number of methoxy groups -OCH3 is 3. The van der Waals surface area contributed by atoms with E-state index in [4.69, 9.17) is 18.6 Å². The summed E-state index contributed by atoms with van der Waals surface area (Å²) in [6, 6.07) is 8.76. The summed E-state index contributed by atoms with van der Waals surface area (Å²) < 4.78 is 21.6. The molecule has 0 saturated heterocycles. The fourth-order valence-corrected chi connectivity index (χ4v) is 2.63. The van der Waals surface area contributed by atoms with E-state index in [0.29, 0.717) is 17.1 Å². The summed E-state index contributed by atoms with van der Waals surface area (Å²) in [6.45, 7) is 0. The van der Waals surface area contributed by atoms with Crippen LogP contribution in [0.25, 0.3) is 22.3 Å². The number of benzene rings is 2. The fourth-order valence-electron chi connectivity index (χ4n) is 2.63. The van der Waals surface area contributed by atoms with E-state index >= 15 is 0 Å². The maximum Gasteiger partial charge on any atom is 0.269 e. The predicted octanol–water partition coefficient (Wildman–Crippen LogP) is 3.39. The molecular formula is C18H15NO7. The Morgan fingerprint density at radius 1 is 1.00 bits per heavy atom. The highest BCUT2D eigenvalue weighted by atomic mass is 16.6. The van der Waals surface area contributed by atoms with Crippen LogP contribution in [0.3, 0.4) is 0 Å². The first-order valence-electron chi connectivity index (χ1n) is 7.51. The summed E-state index contributed by atoms with van der Waals surface area (Å²) in [5.74, 6) is 0.893. The van der Waals surface area contributed by atoms with Crippen LogP contribution in [0.15, 0.2) is 45.6 Å². The Morgan fingerprint density at radius 3 is 2.23 bits per heavy atom. The molecule has 0 fully saturated rings. The second kappa shape index (κ2) is 6.75. The van der Waals surface area contributed by atoms with Crippen LogP contribution in [-0.2, 0) is 0 Å². The third-order valence-electron chi connectivity index (χ3n) is 3.89. The molecule has 0 N–H and O–H groups in total. The van der Waals surface area contributed by atoms with Gasteiger partial charge in [-0.25, -0.2) is 0 Å². The van der Waals surface area contributed by atoms with Gasteiger partial charge in [0, 0.05) is 29.8 Å². The van der Waals surface area contributed by atoms with Crippen molar-refractivity contribution >= 4 is 16.7 Å². The first-order valence-corrected chi connectivity index (χ1v) is 7.51. The molecule has 0 bridgehead atoms. The van der Waals surface area contributed by atoms with Crippen molar-refractivity contribution in [3.8, 4) is 28.6 Å². The third-order valence-corrected chi connectivity index (χ3v) is 3.89. The number of non-ortho nitro benzene ring substituents is 1. The third kappa shape index (κ3) is 2.81. The molecule has 134 valence electrons. The van der Waals surface area contributed by atoms with Gasteiger partial charge in [-0.15, -0.1) is 0 Å². The summed E-state index contributed by atoms with van der Waals surface area (Å²) in [5.41, 5.74) is 0.231. The van der Waals surface area contributed by atoms with Gasteiger partial charge < -0.3 is 18.6 Å². The molecule has 8 nitrogen and oxygen atoms in total. The van der Waals surface area contributed by atoms with E-state index in [9.17, 15) is 14.9 Å². The quantitative estimate of drug-likeness (QED) is 0.509. The Hall–Kier alpha value is -3.55. The van der Waals surface area contributed by atoms with Crippen LogP contribution in [0.4, 0.5) is 5.69 Å². The van der Waals surface area contributed by atoms with E-state index in [-0.39, 0.29) is 28.2 Å². The molecular weight excluding hydrogens is 342 g/mol. The SMILES string of the molecule is COc1cc(OC)c2c(=O)c(OC)c(-c3ccc([N+](=O)[O-])cc3)oc2c1. The van der Waals surface area contributed by atoms with Crippen molar-refractivity contribution in [2.24, 2.45) is 0 Å². The minimum atomic E-state index is -0.507. The molecule has 1 aromatic heterocycles. The number of rotatable bonds is 5. The number of hydrogen-bond donors (Lipinski definition) is 0. The first-order chi connectivity index (χ1) is 12.5. The second-order valence-electron chi connectivity index (χ2n) is 5.30.